The normalized spacial score (nSPS) is 22.3. The monoisotopic (exact) mass is 514 g/mol. The number of nitrogens with zero attached hydrogens (tertiary/aromatic N) is 3. The third kappa shape index (κ3) is 5.25. The zero-order chi connectivity index (χ0) is 25.5. The van der Waals surface area contributed by atoms with Crippen LogP contribution in [0.5, 0.6) is 5.88 Å². The van der Waals surface area contributed by atoms with Crippen LogP contribution in [-0.4, -0.2) is 40.2 Å². The highest BCUT2D eigenvalue weighted by atomic mass is 19.3. The molecule has 3 heterocycles. The van der Waals surface area contributed by atoms with Crippen molar-refractivity contribution in [2.45, 2.75) is 43.8 Å². The SMILES string of the molecule is Fc1ccc(F)c(-c2ncnc(C3CCC(F)(F)CO3)c2NCc2cc(OCC3CC3(F)F)no2)c1. The molecule has 2 aromatic heterocycles. The van der Waals surface area contributed by atoms with Gasteiger partial charge in [-0.05, 0) is 29.8 Å². The number of benzene rings is 1. The number of hydrogen-bond acceptors (Lipinski definition) is 7. The highest BCUT2D eigenvalue weighted by molar-refractivity contribution is 5.76. The Bertz CT molecular complexity index is 1240. The minimum atomic E-state index is -2.98. The lowest BCUT2D eigenvalue weighted by Crippen LogP contribution is -2.31. The third-order valence-corrected chi connectivity index (χ3v) is 6.00. The number of halogens is 6. The minimum absolute atomic E-state index is 0.00767. The fraction of sp³-hybridized carbons (Fsp3) is 0.435. The molecule has 192 valence electrons. The summed E-state index contributed by atoms with van der Waals surface area (Å²) >= 11 is 0. The van der Waals surface area contributed by atoms with Crippen molar-refractivity contribution in [2.24, 2.45) is 5.92 Å². The summed E-state index contributed by atoms with van der Waals surface area (Å²) in [7, 11) is 0. The number of rotatable bonds is 8. The first-order valence-electron chi connectivity index (χ1n) is 11.1. The topological polar surface area (TPSA) is 82.3 Å². The van der Waals surface area contributed by atoms with Gasteiger partial charge in [-0.25, -0.2) is 36.3 Å². The lowest BCUT2D eigenvalue weighted by Gasteiger charge is -2.29. The second kappa shape index (κ2) is 9.26. The van der Waals surface area contributed by atoms with Gasteiger partial charge in [0, 0.05) is 24.5 Å². The summed E-state index contributed by atoms with van der Waals surface area (Å²) in [4.78, 5) is 8.27. The van der Waals surface area contributed by atoms with Crippen LogP contribution in [-0.2, 0) is 11.3 Å². The predicted octanol–water partition coefficient (Wildman–Crippen LogP) is 5.54. The van der Waals surface area contributed by atoms with Gasteiger partial charge in [0.1, 0.15) is 36.4 Å². The molecular formula is C23H20F6N4O3. The van der Waals surface area contributed by atoms with E-state index in [1.165, 1.54) is 6.07 Å². The number of hydrogen-bond donors (Lipinski definition) is 1. The van der Waals surface area contributed by atoms with Gasteiger partial charge in [-0.1, -0.05) is 0 Å². The Morgan fingerprint density at radius 2 is 1.92 bits per heavy atom. The maximum Gasteiger partial charge on any atom is 0.271 e. The van der Waals surface area contributed by atoms with Gasteiger partial charge < -0.3 is 19.3 Å². The molecule has 1 saturated heterocycles. The van der Waals surface area contributed by atoms with E-state index in [2.05, 4.69) is 20.4 Å². The van der Waals surface area contributed by atoms with Crippen LogP contribution in [0.3, 0.4) is 0 Å². The average Bonchev–Trinajstić information content (AvgIpc) is 3.22. The molecule has 0 radical (unpaired) electrons. The molecule has 0 amide bonds. The molecular weight excluding hydrogens is 494 g/mol. The molecule has 1 N–H and O–H groups in total. The van der Waals surface area contributed by atoms with E-state index >= 15 is 0 Å². The van der Waals surface area contributed by atoms with E-state index in [9.17, 15) is 26.3 Å². The molecule has 2 aliphatic rings. The van der Waals surface area contributed by atoms with E-state index in [0.29, 0.717) is 0 Å². The molecule has 1 aliphatic carbocycles. The number of aromatic nitrogens is 3. The Hall–Kier alpha value is -3.35. The second-order valence-corrected chi connectivity index (χ2v) is 8.76. The third-order valence-electron chi connectivity index (χ3n) is 6.00. The first-order chi connectivity index (χ1) is 17.1. The Balaban J connectivity index is 1.39. The smallest absolute Gasteiger partial charge is 0.271 e. The van der Waals surface area contributed by atoms with Gasteiger partial charge in [-0.2, -0.15) is 0 Å². The molecule has 2 atom stereocenters. The molecule has 0 spiro atoms. The van der Waals surface area contributed by atoms with Gasteiger partial charge in [0.05, 0.1) is 30.5 Å². The summed E-state index contributed by atoms with van der Waals surface area (Å²) in [6.45, 7) is -1.09. The summed E-state index contributed by atoms with van der Waals surface area (Å²) < 4.78 is 97.6. The molecule has 3 aromatic rings. The average molecular weight is 514 g/mol. The summed E-state index contributed by atoms with van der Waals surface area (Å²) in [6, 6.07) is 4.24. The second-order valence-electron chi connectivity index (χ2n) is 8.76. The van der Waals surface area contributed by atoms with Gasteiger partial charge in [-0.15, -0.1) is 0 Å². The largest absolute Gasteiger partial charge is 0.475 e. The van der Waals surface area contributed by atoms with Gasteiger partial charge in [-0.3, -0.25) is 0 Å². The number of anilines is 1. The highest BCUT2D eigenvalue weighted by Crippen LogP contribution is 2.48. The first kappa shape index (κ1) is 24.3. The van der Waals surface area contributed by atoms with Crippen molar-refractivity contribution in [1.82, 2.24) is 15.1 Å². The van der Waals surface area contributed by atoms with Crippen molar-refractivity contribution in [3.63, 3.8) is 0 Å². The fourth-order valence-corrected chi connectivity index (χ4v) is 3.89. The molecule has 2 fully saturated rings. The zero-order valence-electron chi connectivity index (χ0n) is 18.6. The zero-order valence-corrected chi connectivity index (χ0v) is 18.6. The number of nitrogens with one attached hydrogen (secondary N) is 1. The maximum atomic E-state index is 14.6. The van der Waals surface area contributed by atoms with Crippen molar-refractivity contribution in [1.29, 1.82) is 0 Å². The molecule has 2 unspecified atom stereocenters. The van der Waals surface area contributed by atoms with E-state index < -0.39 is 48.5 Å². The lowest BCUT2D eigenvalue weighted by atomic mass is 10.00. The van der Waals surface area contributed by atoms with E-state index in [0.717, 1.165) is 24.5 Å². The van der Waals surface area contributed by atoms with Crippen LogP contribution in [0.4, 0.5) is 32.0 Å². The molecule has 7 nitrogen and oxygen atoms in total. The van der Waals surface area contributed by atoms with E-state index in [1.54, 1.807) is 0 Å². The van der Waals surface area contributed by atoms with E-state index in [1.807, 2.05) is 0 Å². The Morgan fingerprint density at radius 1 is 1.11 bits per heavy atom. The Kier molecular flexibility index (Phi) is 6.27. The van der Waals surface area contributed by atoms with Gasteiger partial charge in [0.15, 0.2) is 5.76 Å². The standard InChI is InChI=1S/C23H20F6N4O3/c24-13-1-2-16(25)15(5-13)19-21(20(32-11-31-19)17-3-4-22(26,27)10-35-17)30-8-14-6-18(33-36-14)34-9-12-7-23(12,28)29/h1-2,5-6,11-12,17,30H,3-4,7-10H2. The quantitative estimate of drug-likeness (QED) is 0.395. The molecule has 5 rings (SSSR count). The Labute approximate surface area is 200 Å². The van der Waals surface area contributed by atoms with Crippen LogP contribution in [0, 0.1) is 17.6 Å². The molecule has 1 aromatic carbocycles. The minimum Gasteiger partial charge on any atom is -0.475 e. The summed E-state index contributed by atoms with van der Waals surface area (Å²) in [5, 5.41) is 6.65. The number of alkyl halides is 4. The van der Waals surface area contributed by atoms with Crippen LogP contribution < -0.4 is 10.1 Å². The highest BCUT2D eigenvalue weighted by Gasteiger charge is 2.57. The molecule has 13 heteroatoms. The molecule has 36 heavy (non-hydrogen) atoms. The van der Waals surface area contributed by atoms with Gasteiger partial charge in [0.25, 0.3) is 17.7 Å². The number of ether oxygens (including phenoxy) is 2. The van der Waals surface area contributed by atoms with Crippen molar-refractivity contribution >= 4 is 5.69 Å². The summed E-state index contributed by atoms with van der Waals surface area (Å²) in [6.07, 6.45) is -0.474. The van der Waals surface area contributed by atoms with Crippen molar-refractivity contribution in [3.8, 4) is 17.1 Å². The summed E-state index contributed by atoms with van der Waals surface area (Å²) in [5.74, 6) is -7.80. The van der Waals surface area contributed by atoms with E-state index in [-0.39, 0.29) is 60.3 Å². The van der Waals surface area contributed by atoms with Crippen molar-refractivity contribution < 1.29 is 40.3 Å². The fourth-order valence-electron chi connectivity index (χ4n) is 3.89. The molecule has 0 bridgehead atoms. The van der Waals surface area contributed by atoms with Crippen LogP contribution in [0.2, 0.25) is 0 Å². The van der Waals surface area contributed by atoms with Gasteiger partial charge in [0.2, 0.25) is 0 Å². The lowest BCUT2D eigenvalue weighted by molar-refractivity contribution is -0.146. The maximum absolute atomic E-state index is 14.6. The van der Waals surface area contributed by atoms with Crippen molar-refractivity contribution in [3.05, 3.63) is 53.7 Å². The van der Waals surface area contributed by atoms with Crippen LogP contribution in [0.25, 0.3) is 11.3 Å². The van der Waals surface area contributed by atoms with Crippen LogP contribution >= 0.6 is 0 Å². The van der Waals surface area contributed by atoms with Gasteiger partial charge >= 0.3 is 0 Å². The molecule has 1 aliphatic heterocycles. The predicted molar refractivity (Wildman–Crippen MR) is 113 cm³/mol. The van der Waals surface area contributed by atoms with E-state index in [4.69, 9.17) is 14.0 Å². The van der Waals surface area contributed by atoms with Crippen LogP contribution in [0.1, 0.15) is 36.8 Å². The Morgan fingerprint density at radius 3 is 2.64 bits per heavy atom. The van der Waals surface area contributed by atoms with Crippen molar-refractivity contribution in [2.75, 3.05) is 18.5 Å². The first-order valence-corrected chi connectivity index (χ1v) is 11.1. The summed E-state index contributed by atoms with van der Waals surface area (Å²) in [5.41, 5.74) is 0.138. The molecule has 1 saturated carbocycles. The van der Waals surface area contributed by atoms with Crippen LogP contribution in [0.15, 0.2) is 35.1 Å².